The Hall–Kier alpha value is -0.460. The van der Waals surface area contributed by atoms with Crippen molar-refractivity contribution in [1.82, 2.24) is 0 Å². The fourth-order valence-corrected chi connectivity index (χ4v) is 4.00. The summed E-state index contributed by atoms with van der Waals surface area (Å²) in [6.07, 6.45) is 21.0. The molecule has 0 aromatic carbocycles. The van der Waals surface area contributed by atoms with Crippen LogP contribution >= 0.6 is 0 Å². The molecule has 3 N–H and O–H groups in total. The SMILES string of the molecule is CCCCCCCCC/C=C/CCCCCCCCO[C@@H]1[C@H]([C@H](O)CO)OC[C@@H]1O. The van der Waals surface area contributed by atoms with Crippen LogP contribution in [0.5, 0.6) is 0 Å². The Morgan fingerprint density at radius 3 is 1.97 bits per heavy atom. The predicted molar refractivity (Wildman–Crippen MR) is 123 cm³/mol. The highest BCUT2D eigenvalue weighted by Gasteiger charge is 2.40. The molecule has 1 saturated heterocycles. The summed E-state index contributed by atoms with van der Waals surface area (Å²) >= 11 is 0. The Kier molecular flexibility index (Phi) is 17.7. The molecular formula is C25H48O5. The van der Waals surface area contributed by atoms with Gasteiger partial charge in [-0.2, -0.15) is 0 Å². The van der Waals surface area contributed by atoms with E-state index in [0.717, 1.165) is 12.8 Å². The minimum absolute atomic E-state index is 0.153. The number of allylic oxidation sites excluding steroid dienone is 2. The van der Waals surface area contributed by atoms with Crippen molar-refractivity contribution in [3.8, 4) is 0 Å². The summed E-state index contributed by atoms with van der Waals surface area (Å²) in [4.78, 5) is 0. The van der Waals surface area contributed by atoms with Gasteiger partial charge in [0.25, 0.3) is 0 Å². The first-order valence-electron chi connectivity index (χ1n) is 12.6. The molecule has 1 fully saturated rings. The lowest BCUT2D eigenvalue weighted by atomic mass is 10.1. The van der Waals surface area contributed by atoms with Crippen molar-refractivity contribution >= 4 is 0 Å². The molecule has 30 heavy (non-hydrogen) atoms. The lowest BCUT2D eigenvalue weighted by molar-refractivity contribution is -0.0938. The van der Waals surface area contributed by atoms with Gasteiger partial charge in [0.2, 0.25) is 0 Å². The van der Waals surface area contributed by atoms with E-state index < -0.39 is 24.4 Å². The molecule has 0 aliphatic carbocycles. The first-order valence-corrected chi connectivity index (χ1v) is 12.6. The molecule has 0 aromatic rings. The van der Waals surface area contributed by atoms with Gasteiger partial charge < -0.3 is 24.8 Å². The van der Waals surface area contributed by atoms with Crippen LogP contribution in [0.3, 0.4) is 0 Å². The Morgan fingerprint density at radius 2 is 1.40 bits per heavy atom. The zero-order valence-corrected chi connectivity index (χ0v) is 19.4. The van der Waals surface area contributed by atoms with Crippen molar-refractivity contribution in [1.29, 1.82) is 0 Å². The van der Waals surface area contributed by atoms with E-state index in [1.165, 1.54) is 83.5 Å². The zero-order valence-electron chi connectivity index (χ0n) is 19.4. The van der Waals surface area contributed by atoms with Crippen LogP contribution in [0.25, 0.3) is 0 Å². The molecule has 178 valence electrons. The first kappa shape index (κ1) is 27.6. The largest absolute Gasteiger partial charge is 0.394 e. The van der Waals surface area contributed by atoms with E-state index in [9.17, 15) is 10.2 Å². The van der Waals surface area contributed by atoms with E-state index >= 15 is 0 Å². The van der Waals surface area contributed by atoms with E-state index in [0.29, 0.717) is 6.61 Å². The summed E-state index contributed by atoms with van der Waals surface area (Å²) < 4.78 is 11.0. The van der Waals surface area contributed by atoms with Gasteiger partial charge >= 0.3 is 0 Å². The quantitative estimate of drug-likeness (QED) is 0.190. The van der Waals surface area contributed by atoms with E-state index in [2.05, 4.69) is 19.1 Å². The summed E-state index contributed by atoms with van der Waals surface area (Å²) in [7, 11) is 0. The van der Waals surface area contributed by atoms with E-state index in [4.69, 9.17) is 14.6 Å². The maximum atomic E-state index is 9.90. The van der Waals surface area contributed by atoms with Crippen LogP contribution in [0.1, 0.15) is 103 Å². The van der Waals surface area contributed by atoms with Crippen LogP contribution in [0.2, 0.25) is 0 Å². The highest BCUT2D eigenvalue weighted by molar-refractivity contribution is 4.89. The van der Waals surface area contributed by atoms with Crippen LogP contribution in [-0.4, -0.2) is 59.6 Å². The highest BCUT2D eigenvalue weighted by atomic mass is 16.6. The van der Waals surface area contributed by atoms with Crippen molar-refractivity contribution in [3.63, 3.8) is 0 Å². The van der Waals surface area contributed by atoms with Gasteiger partial charge in [0.05, 0.1) is 13.2 Å². The van der Waals surface area contributed by atoms with Gasteiger partial charge in [0, 0.05) is 6.61 Å². The summed E-state index contributed by atoms with van der Waals surface area (Å²) in [5, 5.41) is 28.7. The average molecular weight is 429 g/mol. The van der Waals surface area contributed by atoms with Gasteiger partial charge in [-0.1, -0.05) is 83.3 Å². The molecule has 1 rings (SSSR count). The Balaban J connectivity index is 1.85. The summed E-state index contributed by atoms with van der Waals surface area (Å²) in [5.41, 5.74) is 0. The molecule has 0 radical (unpaired) electrons. The maximum absolute atomic E-state index is 9.90. The highest BCUT2D eigenvalue weighted by Crippen LogP contribution is 2.21. The van der Waals surface area contributed by atoms with Crippen LogP contribution in [-0.2, 0) is 9.47 Å². The minimum Gasteiger partial charge on any atom is -0.394 e. The molecule has 1 heterocycles. The smallest absolute Gasteiger partial charge is 0.114 e. The number of hydrogen-bond donors (Lipinski definition) is 3. The van der Waals surface area contributed by atoms with Crippen LogP contribution < -0.4 is 0 Å². The van der Waals surface area contributed by atoms with Crippen LogP contribution in [0, 0.1) is 0 Å². The number of rotatable bonds is 20. The van der Waals surface area contributed by atoms with Crippen molar-refractivity contribution in [2.75, 3.05) is 19.8 Å². The third kappa shape index (κ3) is 13.1. The zero-order chi connectivity index (χ0) is 21.9. The molecule has 0 spiro atoms. The molecule has 0 aromatic heterocycles. The number of unbranched alkanes of at least 4 members (excludes halogenated alkanes) is 13. The maximum Gasteiger partial charge on any atom is 0.114 e. The van der Waals surface area contributed by atoms with E-state index in [1.807, 2.05) is 0 Å². The standard InChI is InChI=1S/C25H48O5/c1-2-3-4-5-6-7-8-9-10-11-12-13-14-15-16-17-18-19-29-25-23(28)21-30-24(25)22(27)20-26/h10-11,22-28H,2-9,12-21H2,1H3/b11-10+/t22-,23+,24+,25+/m1/s1. The summed E-state index contributed by atoms with van der Waals surface area (Å²) in [5.74, 6) is 0. The molecule has 5 nitrogen and oxygen atoms in total. The van der Waals surface area contributed by atoms with Crippen LogP contribution in [0.15, 0.2) is 12.2 Å². The fourth-order valence-electron chi connectivity index (χ4n) is 4.00. The molecule has 4 atom stereocenters. The van der Waals surface area contributed by atoms with Crippen molar-refractivity contribution in [2.45, 2.75) is 128 Å². The summed E-state index contributed by atoms with van der Waals surface area (Å²) in [6, 6.07) is 0. The first-order chi connectivity index (χ1) is 14.7. The topological polar surface area (TPSA) is 79.2 Å². The lowest BCUT2D eigenvalue weighted by Gasteiger charge is -2.23. The summed E-state index contributed by atoms with van der Waals surface area (Å²) in [6.45, 7) is 2.59. The van der Waals surface area contributed by atoms with Crippen molar-refractivity contribution in [3.05, 3.63) is 12.2 Å². The normalized spacial score (nSPS) is 22.9. The Bertz CT molecular complexity index is 401. The van der Waals surface area contributed by atoms with Gasteiger partial charge in [-0.05, 0) is 32.1 Å². The van der Waals surface area contributed by atoms with E-state index in [-0.39, 0.29) is 13.2 Å². The Morgan fingerprint density at radius 1 is 0.867 bits per heavy atom. The van der Waals surface area contributed by atoms with Gasteiger partial charge in [0.1, 0.15) is 24.4 Å². The average Bonchev–Trinajstić information content (AvgIpc) is 3.12. The molecule has 1 aliphatic heterocycles. The predicted octanol–water partition coefficient (Wildman–Crippen LogP) is 4.91. The third-order valence-corrected chi connectivity index (χ3v) is 5.95. The van der Waals surface area contributed by atoms with Gasteiger partial charge in [0.15, 0.2) is 0 Å². The van der Waals surface area contributed by atoms with Gasteiger partial charge in [-0.25, -0.2) is 0 Å². The second kappa shape index (κ2) is 19.2. The fraction of sp³-hybridized carbons (Fsp3) is 0.920. The van der Waals surface area contributed by atoms with Crippen molar-refractivity contribution in [2.24, 2.45) is 0 Å². The van der Waals surface area contributed by atoms with Gasteiger partial charge in [-0.15, -0.1) is 0 Å². The molecule has 5 heteroatoms. The second-order valence-corrected chi connectivity index (χ2v) is 8.74. The molecule has 1 aliphatic rings. The van der Waals surface area contributed by atoms with E-state index in [1.54, 1.807) is 0 Å². The molecular weight excluding hydrogens is 380 g/mol. The molecule has 0 bridgehead atoms. The number of hydrogen-bond acceptors (Lipinski definition) is 5. The molecule has 0 unspecified atom stereocenters. The molecule has 0 saturated carbocycles. The third-order valence-electron chi connectivity index (χ3n) is 5.95. The Labute approximate surface area is 184 Å². The molecule has 0 amide bonds. The van der Waals surface area contributed by atoms with Crippen molar-refractivity contribution < 1.29 is 24.8 Å². The number of aliphatic hydroxyl groups excluding tert-OH is 3. The van der Waals surface area contributed by atoms with Gasteiger partial charge in [-0.3, -0.25) is 0 Å². The minimum atomic E-state index is -1.00. The lowest BCUT2D eigenvalue weighted by Crippen LogP contribution is -2.42. The monoisotopic (exact) mass is 428 g/mol. The number of aliphatic hydroxyl groups is 3. The van der Waals surface area contributed by atoms with Crippen LogP contribution in [0.4, 0.5) is 0 Å². The number of ether oxygens (including phenoxy) is 2. The second-order valence-electron chi connectivity index (χ2n) is 8.74.